The van der Waals surface area contributed by atoms with Gasteiger partial charge in [0.1, 0.15) is 10.7 Å². The quantitative estimate of drug-likeness (QED) is 0.205. The molecule has 0 bridgehead atoms. The van der Waals surface area contributed by atoms with Crippen molar-refractivity contribution in [2.75, 3.05) is 43.7 Å². The van der Waals surface area contributed by atoms with Gasteiger partial charge in [-0.25, -0.2) is 13.2 Å². The van der Waals surface area contributed by atoms with Gasteiger partial charge in [-0.3, -0.25) is 20.3 Å². The minimum Gasteiger partial charge on any atom is -0.462 e. The summed E-state index contributed by atoms with van der Waals surface area (Å²) in [5.41, 5.74) is 3.24. The van der Waals surface area contributed by atoms with Crippen LogP contribution in [-0.2, 0) is 24.3 Å². The maximum Gasteiger partial charge on any atom is 0.341 e. The fourth-order valence-corrected chi connectivity index (χ4v) is 6.22. The number of nitrogens with one attached hydrogen (secondary N) is 2. The SMILES string of the molecule is CCOC(=O)c1c(NC(C)=O)sc(/C(C)=N\Nc2ccc(S(=O)(=O)N3CCOCC3)cc2[N+](=O)[O-])c1C. The highest BCUT2D eigenvalue weighted by Crippen LogP contribution is 2.35. The maximum absolute atomic E-state index is 12.9. The van der Waals surface area contributed by atoms with E-state index in [9.17, 15) is 28.1 Å². The first-order chi connectivity index (χ1) is 17.5. The number of benzene rings is 1. The van der Waals surface area contributed by atoms with Crippen molar-refractivity contribution in [2.45, 2.75) is 32.6 Å². The number of sulfonamides is 1. The summed E-state index contributed by atoms with van der Waals surface area (Å²) in [5, 5.41) is 18.9. The number of esters is 1. The second-order valence-corrected chi connectivity index (χ2v) is 10.9. The van der Waals surface area contributed by atoms with E-state index in [4.69, 9.17) is 9.47 Å². The molecule has 0 saturated carbocycles. The molecule has 2 N–H and O–H groups in total. The molecule has 37 heavy (non-hydrogen) atoms. The molecule has 0 radical (unpaired) electrons. The third-order valence-electron chi connectivity index (χ3n) is 5.36. The molecule has 1 saturated heterocycles. The van der Waals surface area contributed by atoms with Gasteiger partial charge in [-0.05, 0) is 38.5 Å². The lowest BCUT2D eigenvalue weighted by molar-refractivity contribution is -0.384. The van der Waals surface area contributed by atoms with Gasteiger partial charge in [-0.2, -0.15) is 9.41 Å². The number of nitro benzene ring substituents is 1. The van der Waals surface area contributed by atoms with E-state index in [1.54, 1.807) is 20.8 Å². The van der Waals surface area contributed by atoms with Crippen molar-refractivity contribution in [3.8, 4) is 0 Å². The summed E-state index contributed by atoms with van der Waals surface area (Å²) in [4.78, 5) is 35.5. The molecular weight excluding hydrogens is 526 g/mol. The molecule has 1 fully saturated rings. The lowest BCUT2D eigenvalue weighted by atomic mass is 10.1. The molecule has 1 aliphatic heterocycles. The third kappa shape index (κ3) is 6.30. The minimum absolute atomic E-state index is 0.0211. The highest BCUT2D eigenvalue weighted by molar-refractivity contribution is 7.89. The van der Waals surface area contributed by atoms with E-state index >= 15 is 0 Å². The van der Waals surface area contributed by atoms with Crippen LogP contribution in [0.25, 0.3) is 0 Å². The molecule has 15 heteroatoms. The number of hydrogen-bond donors (Lipinski definition) is 2. The Morgan fingerprint density at radius 1 is 1.27 bits per heavy atom. The summed E-state index contributed by atoms with van der Waals surface area (Å²) in [6.07, 6.45) is 0. The third-order valence-corrected chi connectivity index (χ3v) is 8.57. The van der Waals surface area contributed by atoms with Crippen LogP contribution in [0, 0.1) is 17.0 Å². The molecule has 0 unspecified atom stereocenters. The molecule has 200 valence electrons. The number of carbonyl (C=O) groups is 2. The molecular formula is C22H27N5O8S2. The van der Waals surface area contributed by atoms with Crippen LogP contribution in [-0.4, -0.2) is 68.1 Å². The normalized spacial score (nSPS) is 14.8. The van der Waals surface area contributed by atoms with E-state index in [2.05, 4.69) is 15.8 Å². The van der Waals surface area contributed by atoms with Crippen LogP contribution in [0.5, 0.6) is 0 Å². The molecule has 0 spiro atoms. The number of ether oxygens (including phenoxy) is 2. The molecule has 13 nitrogen and oxygen atoms in total. The Balaban J connectivity index is 1.93. The Bertz CT molecular complexity index is 1350. The van der Waals surface area contributed by atoms with Crippen molar-refractivity contribution >= 4 is 55.3 Å². The predicted molar refractivity (Wildman–Crippen MR) is 138 cm³/mol. The maximum atomic E-state index is 12.9. The molecule has 3 rings (SSSR count). The molecule has 2 aromatic rings. The Morgan fingerprint density at radius 2 is 1.95 bits per heavy atom. The van der Waals surface area contributed by atoms with Gasteiger partial charge < -0.3 is 14.8 Å². The highest BCUT2D eigenvalue weighted by atomic mass is 32.2. The lowest BCUT2D eigenvalue weighted by Gasteiger charge is -2.26. The molecule has 0 aliphatic carbocycles. The van der Waals surface area contributed by atoms with E-state index in [1.807, 2.05) is 0 Å². The standard InChI is InChI=1S/C22H27N5O8S2/c1-5-35-22(29)19-13(2)20(36-21(19)23-15(4)28)14(3)24-25-17-7-6-16(12-18(17)27(30)31)37(32,33)26-8-10-34-11-9-26/h6-7,12,25H,5,8-11H2,1-4H3,(H,23,28)/b24-14-. The summed E-state index contributed by atoms with van der Waals surface area (Å²) >= 11 is 1.11. The number of nitro groups is 1. The topological polar surface area (TPSA) is 170 Å². The number of morpholine rings is 1. The summed E-state index contributed by atoms with van der Waals surface area (Å²) in [6.45, 7) is 7.25. The summed E-state index contributed by atoms with van der Waals surface area (Å²) < 4.78 is 37.3. The zero-order valence-corrected chi connectivity index (χ0v) is 22.3. The Labute approximate surface area is 217 Å². The van der Waals surface area contributed by atoms with Crippen LogP contribution in [0.1, 0.15) is 41.6 Å². The van der Waals surface area contributed by atoms with Crippen LogP contribution in [0.2, 0.25) is 0 Å². The van der Waals surface area contributed by atoms with Crippen LogP contribution < -0.4 is 10.7 Å². The average Bonchev–Trinajstić information content (AvgIpc) is 3.18. The number of amides is 1. The number of nitrogens with zero attached hydrogens (tertiary/aromatic N) is 3. The van der Waals surface area contributed by atoms with E-state index in [0.29, 0.717) is 21.2 Å². The minimum atomic E-state index is -3.93. The van der Waals surface area contributed by atoms with E-state index in [0.717, 1.165) is 17.4 Å². The molecule has 1 amide bonds. The molecule has 2 heterocycles. The van der Waals surface area contributed by atoms with E-state index in [-0.39, 0.29) is 55.0 Å². The van der Waals surface area contributed by atoms with Gasteiger partial charge in [0.15, 0.2) is 0 Å². The second-order valence-electron chi connectivity index (χ2n) is 7.92. The second kappa shape index (κ2) is 11.8. The summed E-state index contributed by atoms with van der Waals surface area (Å²) in [5.74, 6) is -0.964. The Hall–Kier alpha value is -3.40. The molecule has 1 aromatic carbocycles. The number of rotatable bonds is 9. The number of hydrazone groups is 1. The fourth-order valence-electron chi connectivity index (χ4n) is 3.60. The summed E-state index contributed by atoms with van der Waals surface area (Å²) in [6, 6.07) is 3.54. The zero-order chi connectivity index (χ0) is 27.3. The van der Waals surface area contributed by atoms with Gasteiger partial charge >= 0.3 is 5.97 Å². The van der Waals surface area contributed by atoms with Crippen molar-refractivity contribution in [1.29, 1.82) is 0 Å². The smallest absolute Gasteiger partial charge is 0.341 e. The van der Waals surface area contributed by atoms with Gasteiger partial charge in [0.05, 0.1) is 45.8 Å². The fraction of sp³-hybridized carbons (Fsp3) is 0.409. The lowest BCUT2D eigenvalue weighted by Crippen LogP contribution is -2.40. The first-order valence-electron chi connectivity index (χ1n) is 11.2. The van der Waals surface area contributed by atoms with Crippen molar-refractivity contribution in [3.05, 3.63) is 44.3 Å². The average molecular weight is 554 g/mol. The van der Waals surface area contributed by atoms with Crippen LogP contribution in [0.15, 0.2) is 28.2 Å². The molecule has 1 aliphatic rings. The number of carbonyl (C=O) groups excluding carboxylic acids is 2. The first kappa shape index (κ1) is 28.2. The number of thiophene rings is 1. The van der Waals surface area contributed by atoms with E-state index < -0.39 is 26.6 Å². The number of hydrogen-bond acceptors (Lipinski definition) is 11. The summed E-state index contributed by atoms with van der Waals surface area (Å²) in [7, 11) is -3.93. The Morgan fingerprint density at radius 3 is 2.54 bits per heavy atom. The van der Waals surface area contributed by atoms with Crippen molar-refractivity contribution in [3.63, 3.8) is 0 Å². The predicted octanol–water partition coefficient (Wildman–Crippen LogP) is 2.96. The van der Waals surface area contributed by atoms with Crippen LogP contribution in [0.3, 0.4) is 0 Å². The van der Waals surface area contributed by atoms with Crippen molar-refractivity contribution in [1.82, 2.24) is 4.31 Å². The zero-order valence-electron chi connectivity index (χ0n) is 20.7. The van der Waals surface area contributed by atoms with Crippen molar-refractivity contribution in [2.24, 2.45) is 5.10 Å². The van der Waals surface area contributed by atoms with Crippen LogP contribution in [0.4, 0.5) is 16.4 Å². The van der Waals surface area contributed by atoms with E-state index in [1.165, 1.54) is 23.4 Å². The van der Waals surface area contributed by atoms with Gasteiger partial charge in [-0.15, -0.1) is 11.3 Å². The van der Waals surface area contributed by atoms with Crippen LogP contribution >= 0.6 is 11.3 Å². The monoisotopic (exact) mass is 553 g/mol. The largest absolute Gasteiger partial charge is 0.462 e. The van der Waals surface area contributed by atoms with Gasteiger partial charge in [0, 0.05) is 26.1 Å². The highest BCUT2D eigenvalue weighted by Gasteiger charge is 2.29. The van der Waals surface area contributed by atoms with Gasteiger partial charge in [0.25, 0.3) is 5.69 Å². The van der Waals surface area contributed by atoms with Gasteiger partial charge in [0.2, 0.25) is 15.9 Å². The van der Waals surface area contributed by atoms with Gasteiger partial charge in [-0.1, -0.05) is 0 Å². The first-order valence-corrected chi connectivity index (χ1v) is 13.5. The Kier molecular flexibility index (Phi) is 8.96. The number of anilines is 2. The van der Waals surface area contributed by atoms with Crippen molar-refractivity contribution < 1.29 is 32.4 Å². The molecule has 0 atom stereocenters. The molecule has 1 aromatic heterocycles.